The van der Waals surface area contributed by atoms with Crippen LogP contribution in [0.4, 0.5) is 0 Å². The van der Waals surface area contributed by atoms with Crippen LogP contribution in [0.2, 0.25) is 0 Å². The molecule has 0 unspecified atom stereocenters. The first-order valence-corrected chi connectivity index (χ1v) is 10.0. The molecule has 2 aromatic rings. The van der Waals surface area contributed by atoms with Gasteiger partial charge in [0.15, 0.2) is 5.58 Å². The van der Waals surface area contributed by atoms with E-state index in [2.05, 4.69) is 4.98 Å². The molecule has 1 aromatic heterocycles. The van der Waals surface area contributed by atoms with Crippen LogP contribution in [0.25, 0.3) is 11.1 Å². The maximum Gasteiger partial charge on any atom is 0.417 e. The summed E-state index contributed by atoms with van der Waals surface area (Å²) < 4.78 is 55.5. The van der Waals surface area contributed by atoms with E-state index in [0.29, 0.717) is 5.52 Å². The minimum atomic E-state index is -3.78. The minimum Gasteiger partial charge on any atom is -0.408 e. The van der Waals surface area contributed by atoms with Gasteiger partial charge in [-0.05, 0) is 12.1 Å². The molecule has 1 saturated heterocycles. The number of rotatable bonds is 3. The maximum absolute atomic E-state index is 12.6. The molecule has 0 spiro atoms. The molecule has 1 N–H and O–H groups in total. The number of benzene rings is 1. The summed E-state index contributed by atoms with van der Waals surface area (Å²) in [5.41, 5.74) is 0.571. The van der Waals surface area contributed by atoms with E-state index in [4.69, 9.17) is 4.42 Å². The summed E-state index contributed by atoms with van der Waals surface area (Å²) >= 11 is 0. The van der Waals surface area contributed by atoms with E-state index in [9.17, 15) is 21.6 Å². The molecule has 0 bridgehead atoms. The van der Waals surface area contributed by atoms with Crippen molar-refractivity contribution in [3.05, 3.63) is 28.7 Å². The summed E-state index contributed by atoms with van der Waals surface area (Å²) in [6, 6.07) is 4.12. The van der Waals surface area contributed by atoms with Crippen molar-refractivity contribution in [2.75, 3.05) is 32.4 Å². The van der Waals surface area contributed by atoms with Gasteiger partial charge in [0.2, 0.25) is 20.0 Å². The van der Waals surface area contributed by atoms with E-state index in [-0.39, 0.29) is 36.7 Å². The van der Waals surface area contributed by atoms with Crippen molar-refractivity contribution in [3.8, 4) is 0 Å². The second kappa shape index (κ2) is 5.44. The highest BCUT2D eigenvalue weighted by molar-refractivity contribution is 7.89. The zero-order chi connectivity index (χ0) is 16.8. The molecule has 0 atom stereocenters. The topological polar surface area (TPSA) is 121 Å². The first-order valence-electron chi connectivity index (χ1n) is 6.76. The van der Waals surface area contributed by atoms with Crippen LogP contribution in [-0.4, -0.2) is 62.9 Å². The van der Waals surface area contributed by atoms with Gasteiger partial charge < -0.3 is 4.42 Å². The zero-order valence-electron chi connectivity index (χ0n) is 12.2. The highest BCUT2D eigenvalue weighted by atomic mass is 32.2. The first-order chi connectivity index (χ1) is 10.7. The highest BCUT2D eigenvalue weighted by Crippen LogP contribution is 2.21. The summed E-state index contributed by atoms with van der Waals surface area (Å²) in [4.78, 5) is 13.6. The fourth-order valence-corrected chi connectivity index (χ4v) is 4.74. The van der Waals surface area contributed by atoms with Crippen LogP contribution in [-0.2, 0) is 20.0 Å². The molecule has 3 rings (SSSR count). The molecule has 2 heterocycles. The van der Waals surface area contributed by atoms with Gasteiger partial charge in [0.05, 0.1) is 16.7 Å². The quantitative estimate of drug-likeness (QED) is 0.778. The van der Waals surface area contributed by atoms with Gasteiger partial charge in [0.25, 0.3) is 0 Å². The van der Waals surface area contributed by atoms with Gasteiger partial charge in [0.1, 0.15) is 0 Å². The Hall–Kier alpha value is -1.69. The van der Waals surface area contributed by atoms with Gasteiger partial charge in [0, 0.05) is 32.2 Å². The van der Waals surface area contributed by atoms with E-state index in [1.54, 1.807) is 0 Å². The molecular weight excluding hydrogens is 346 g/mol. The van der Waals surface area contributed by atoms with E-state index >= 15 is 0 Å². The first kappa shape index (κ1) is 16.2. The van der Waals surface area contributed by atoms with Crippen molar-refractivity contribution in [2.45, 2.75) is 4.90 Å². The second-order valence-electron chi connectivity index (χ2n) is 5.24. The fourth-order valence-electron chi connectivity index (χ4n) is 2.48. The zero-order valence-corrected chi connectivity index (χ0v) is 13.9. The fraction of sp³-hybridized carbons (Fsp3) is 0.417. The molecule has 0 aliphatic carbocycles. The molecule has 0 radical (unpaired) electrons. The molecule has 1 aliphatic heterocycles. The standard InChI is InChI=1S/C12H15N3O6S2/c1-22(17,18)14-4-6-15(7-5-14)23(19,20)9-2-3-10-11(8-9)21-12(16)13-10/h2-3,8H,4-7H2,1H3,(H,13,16). The number of fused-ring (bicyclic) bond motifs is 1. The van der Waals surface area contributed by atoms with Gasteiger partial charge in [-0.3, -0.25) is 4.98 Å². The van der Waals surface area contributed by atoms with Gasteiger partial charge in [-0.2, -0.15) is 8.61 Å². The highest BCUT2D eigenvalue weighted by Gasteiger charge is 2.31. The Kier molecular flexibility index (Phi) is 3.83. The normalized spacial score (nSPS) is 18.5. The Balaban J connectivity index is 1.87. The smallest absolute Gasteiger partial charge is 0.408 e. The molecule has 11 heteroatoms. The Bertz CT molecular complexity index is 997. The number of H-pyrrole nitrogens is 1. The van der Waals surface area contributed by atoms with E-state index in [0.717, 1.165) is 6.26 Å². The largest absolute Gasteiger partial charge is 0.417 e. The van der Waals surface area contributed by atoms with Crippen LogP contribution in [0.1, 0.15) is 0 Å². The molecule has 0 amide bonds. The number of nitrogens with zero attached hydrogens (tertiary/aromatic N) is 2. The van der Waals surface area contributed by atoms with Crippen LogP contribution in [0, 0.1) is 0 Å². The minimum absolute atomic E-state index is 0.000514. The summed E-state index contributed by atoms with van der Waals surface area (Å²) in [6.07, 6.45) is 1.10. The third-order valence-electron chi connectivity index (χ3n) is 3.70. The van der Waals surface area contributed by atoms with Crippen LogP contribution < -0.4 is 5.76 Å². The molecule has 9 nitrogen and oxygen atoms in total. The van der Waals surface area contributed by atoms with E-state index in [1.807, 2.05) is 0 Å². The lowest BCUT2D eigenvalue weighted by atomic mass is 10.3. The number of piperazine rings is 1. The Labute approximate surface area is 132 Å². The lowest BCUT2D eigenvalue weighted by molar-refractivity contribution is 0.274. The van der Waals surface area contributed by atoms with E-state index in [1.165, 1.54) is 26.8 Å². The van der Waals surface area contributed by atoms with Crippen molar-refractivity contribution in [1.29, 1.82) is 0 Å². The van der Waals surface area contributed by atoms with Gasteiger partial charge in [-0.15, -0.1) is 0 Å². The number of hydrogen-bond donors (Lipinski definition) is 1. The molecule has 1 aromatic carbocycles. The van der Waals surface area contributed by atoms with Gasteiger partial charge in [-0.25, -0.2) is 21.6 Å². The van der Waals surface area contributed by atoms with Crippen LogP contribution in [0.15, 0.2) is 32.3 Å². The maximum atomic E-state index is 12.6. The van der Waals surface area contributed by atoms with Crippen molar-refractivity contribution in [1.82, 2.24) is 13.6 Å². The van der Waals surface area contributed by atoms with Crippen molar-refractivity contribution >= 4 is 31.1 Å². The van der Waals surface area contributed by atoms with Gasteiger partial charge >= 0.3 is 5.76 Å². The summed E-state index contributed by atoms with van der Waals surface area (Å²) in [5, 5.41) is 0. The van der Waals surface area contributed by atoms with Crippen LogP contribution in [0.5, 0.6) is 0 Å². The molecule has 1 aliphatic rings. The van der Waals surface area contributed by atoms with Crippen molar-refractivity contribution in [2.24, 2.45) is 0 Å². The predicted molar refractivity (Wildman–Crippen MR) is 82.0 cm³/mol. The number of aromatic amines is 1. The average Bonchev–Trinajstić information content (AvgIpc) is 2.85. The van der Waals surface area contributed by atoms with E-state index < -0.39 is 25.8 Å². The SMILES string of the molecule is CS(=O)(=O)N1CCN(S(=O)(=O)c2ccc3[nH]c(=O)oc3c2)CC1. The lowest BCUT2D eigenvalue weighted by Gasteiger charge is -2.32. The van der Waals surface area contributed by atoms with Crippen molar-refractivity contribution in [3.63, 3.8) is 0 Å². The van der Waals surface area contributed by atoms with Crippen LogP contribution in [0.3, 0.4) is 0 Å². The summed E-state index contributed by atoms with van der Waals surface area (Å²) in [7, 11) is -7.10. The Morgan fingerprint density at radius 2 is 1.65 bits per heavy atom. The Morgan fingerprint density at radius 3 is 2.26 bits per heavy atom. The monoisotopic (exact) mass is 361 g/mol. The third kappa shape index (κ3) is 3.04. The summed E-state index contributed by atoms with van der Waals surface area (Å²) in [6.45, 7) is 0.369. The molecular formula is C12H15N3O6S2. The predicted octanol–water partition coefficient (Wildman–Crippen LogP) is -0.613. The third-order valence-corrected chi connectivity index (χ3v) is 6.89. The summed E-state index contributed by atoms with van der Waals surface area (Å²) in [5.74, 6) is -0.656. The number of hydrogen-bond acceptors (Lipinski definition) is 6. The molecule has 0 saturated carbocycles. The van der Waals surface area contributed by atoms with Crippen molar-refractivity contribution < 1.29 is 21.3 Å². The number of nitrogens with one attached hydrogen (secondary N) is 1. The molecule has 23 heavy (non-hydrogen) atoms. The lowest BCUT2D eigenvalue weighted by Crippen LogP contribution is -2.50. The average molecular weight is 361 g/mol. The van der Waals surface area contributed by atoms with Crippen LogP contribution >= 0.6 is 0 Å². The number of aromatic nitrogens is 1. The molecule has 126 valence electrons. The number of oxazole rings is 1. The van der Waals surface area contributed by atoms with Gasteiger partial charge in [-0.1, -0.05) is 0 Å². The molecule has 1 fully saturated rings. The second-order valence-corrected chi connectivity index (χ2v) is 9.16. The number of sulfonamides is 2. The Morgan fingerprint density at radius 1 is 1.04 bits per heavy atom.